The van der Waals surface area contributed by atoms with Crippen molar-refractivity contribution in [3.05, 3.63) is 42.2 Å². The average Bonchev–Trinajstić information content (AvgIpc) is 3.15. The molecule has 2 aromatic rings. The highest BCUT2D eigenvalue weighted by atomic mass is 16.5. The Bertz CT molecular complexity index is 724. The minimum atomic E-state index is -0.873. The summed E-state index contributed by atoms with van der Waals surface area (Å²) in [6, 6.07) is 6.56. The minimum Gasteiger partial charge on any atom is -0.493 e. The van der Waals surface area contributed by atoms with Crippen molar-refractivity contribution < 1.29 is 19.4 Å². The molecule has 1 aliphatic rings. The Kier molecular flexibility index (Phi) is 5.78. The molecule has 0 aliphatic carbocycles. The molecule has 0 spiro atoms. The SMILES string of the molecule is COc1cccc([C@@H](C(=O)O)N2CCC(Cn3cccn3)CC2)c1OC. The van der Waals surface area contributed by atoms with E-state index in [1.54, 1.807) is 31.5 Å². The number of likely N-dealkylation sites (tertiary alicyclic amines) is 1. The monoisotopic (exact) mass is 359 g/mol. The predicted molar refractivity (Wildman–Crippen MR) is 96.4 cm³/mol. The number of methoxy groups -OCH3 is 2. The lowest BCUT2D eigenvalue weighted by Gasteiger charge is -2.36. The quantitative estimate of drug-likeness (QED) is 0.818. The van der Waals surface area contributed by atoms with Crippen LogP contribution in [0.1, 0.15) is 24.4 Å². The van der Waals surface area contributed by atoms with Gasteiger partial charge in [0.15, 0.2) is 11.5 Å². The van der Waals surface area contributed by atoms with Crippen molar-refractivity contribution in [2.24, 2.45) is 5.92 Å². The van der Waals surface area contributed by atoms with E-state index in [4.69, 9.17) is 9.47 Å². The van der Waals surface area contributed by atoms with Crippen molar-refractivity contribution in [1.82, 2.24) is 14.7 Å². The van der Waals surface area contributed by atoms with Crippen LogP contribution in [-0.4, -0.2) is 53.1 Å². The number of benzene rings is 1. The number of hydrogen-bond acceptors (Lipinski definition) is 5. The Labute approximate surface area is 153 Å². The minimum absolute atomic E-state index is 0.487. The molecule has 0 unspecified atom stereocenters. The molecule has 7 heteroatoms. The van der Waals surface area contributed by atoms with Crippen LogP contribution in [0.15, 0.2) is 36.7 Å². The van der Waals surface area contributed by atoms with Gasteiger partial charge in [-0.2, -0.15) is 5.10 Å². The summed E-state index contributed by atoms with van der Waals surface area (Å²) in [5, 5.41) is 14.1. The van der Waals surface area contributed by atoms with Gasteiger partial charge in [0, 0.05) is 24.5 Å². The molecule has 3 rings (SSSR count). The third-order valence-electron chi connectivity index (χ3n) is 4.98. The van der Waals surface area contributed by atoms with Gasteiger partial charge in [0.2, 0.25) is 0 Å². The number of nitrogens with zero attached hydrogens (tertiary/aromatic N) is 3. The summed E-state index contributed by atoms with van der Waals surface area (Å²) in [4.78, 5) is 14.1. The first-order valence-electron chi connectivity index (χ1n) is 8.79. The molecular formula is C19H25N3O4. The number of carboxylic acid groups (broad SMARTS) is 1. The maximum atomic E-state index is 12.1. The van der Waals surface area contributed by atoms with Gasteiger partial charge >= 0.3 is 5.97 Å². The fraction of sp³-hybridized carbons (Fsp3) is 0.474. The average molecular weight is 359 g/mol. The number of carbonyl (C=O) groups is 1. The van der Waals surface area contributed by atoms with E-state index < -0.39 is 12.0 Å². The summed E-state index contributed by atoms with van der Waals surface area (Å²) >= 11 is 0. The smallest absolute Gasteiger partial charge is 0.325 e. The van der Waals surface area contributed by atoms with Crippen LogP contribution in [0.4, 0.5) is 0 Å². The van der Waals surface area contributed by atoms with Crippen LogP contribution in [0.25, 0.3) is 0 Å². The Morgan fingerprint density at radius 3 is 2.62 bits per heavy atom. The van der Waals surface area contributed by atoms with Crippen LogP contribution in [0.2, 0.25) is 0 Å². The van der Waals surface area contributed by atoms with E-state index in [0.29, 0.717) is 23.0 Å². The molecular weight excluding hydrogens is 334 g/mol. The third kappa shape index (κ3) is 3.83. The largest absolute Gasteiger partial charge is 0.493 e. The third-order valence-corrected chi connectivity index (χ3v) is 4.98. The van der Waals surface area contributed by atoms with Gasteiger partial charge in [-0.15, -0.1) is 0 Å². The second-order valence-electron chi connectivity index (χ2n) is 6.53. The lowest BCUT2D eigenvalue weighted by molar-refractivity contribution is -0.144. The molecule has 1 fully saturated rings. The molecule has 0 saturated carbocycles. The summed E-state index contributed by atoms with van der Waals surface area (Å²) in [5.74, 6) is 0.667. The van der Waals surface area contributed by atoms with Crippen molar-refractivity contribution >= 4 is 5.97 Å². The highest BCUT2D eigenvalue weighted by Crippen LogP contribution is 2.38. The van der Waals surface area contributed by atoms with Gasteiger partial charge in [0.25, 0.3) is 0 Å². The first kappa shape index (κ1) is 18.3. The number of aliphatic carboxylic acids is 1. The van der Waals surface area contributed by atoms with Crippen molar-refractivity contribution in [2.75, 3.05) is 27.3 Å². The molecule has 26 heavy (non-hydrogen) atoms. The van der Waals surface area contributed by atoms with Crippen molar-refractivity contribution in [3.63, 3.8) is 0 Å². The number of hydrogen-bond donors (Lipinski definition) is 1. The molecule has 2 heterocycles. The Morgan fingerprint density at radius 2 is 2.04 bits per heavy atom. The number of carboxylic acids is 1. The number of aromatic nitrogens is 2. The van der Waals surface area contributed by atoms with Gasteiger partial charge in [-0.25, -0.2) is 0 Å². The number of para-hydroxylation sites is 1. The summed E-state index contributed by atoms with van der Waals surface area (Å²) in [6.07, 6.45) is 5.63. The highest BCUT2D eigenvalue weighted by molar-refractivity contribution is 5.77. The van der Waals surface area contributed by atoms with Gasteiger partial charge in [-0.3, -0.25) is 14.4 Å². The van der Waals surface area contributed by atoms with Gasteiger partial charge in [0.1, 0.15) is 6.04 Å². The fourth-order valence-corrected chi connectivity index (χ4v) is 3.68. The lowest BCUT2D eigenvalue weighted by atomic mass is 9.93. The van der Waals surface area contributed by atoms with E-state index >= 15 is 0 Å². The molecule has 1 N–H and O–H groups in total. The number of piperidine rings is 1. The first-order chi connectivity index (χ1) is 12.6. The summed E-state index contributed by atoms with van der Waals surface area (Å²) in [5.41, 5.74) is 0.630. The maximum absolute atomic E-state index is 12.1. The zero-order valence-electron chi connectivity index (χ0n) is 15.2. The van der Waals surface area contributed by atoms with Crippen LogP contribution >= 0.6 is 0 Å². The molecule has 0 amide bonds. The van der Waals surface area contributed by atoms with Crippen LogP contribution < -0.4 is 9.47 Å². The fourth-order valence-electron chi connectivity index (χ4n) is 3.68. The number of rotatable bonds is 7. The lowest BCUT2D eigenvalue weighted by Crippen LogP contribution is -2.41. The maximum Gasteiger partial charge on any atom is 0.325 e. The second-order valence-corrected chi connectivity index (χ2v) is 6.53. The predicted octanol–water partition coefficient (Wildman–Crippen LogP) is 2.44. The Morgan fingerprint density at radius 1 is 1.27 bits per heavy atom. The summed E-state index contributed by atoms with van der Waals surface area (Å²) < 4.78 is 12.7. The van der Waals surface area contributed by atoms with E-state index in [2.05, 4.69) is 5.10 Å². The molecule has 0 bridgehead atoms. The van der Waals surface area contributed by atoms with Crippen LogP contribution in [0, 0.1) is 5.92 Å². The zero-order valence-corrected chi connectivity index (χ0v) is 15.2. The van der Waals surface area contributed by atoms with E-state index in [1.807, 2.05) is 21.8 Å². The molecule has 0 radical (unpaired) electrons. The van der Waals surface area contributed by atoms with Gasteiger partial charge in [-0.05, 0) is 44.0 Å². The Hall–Kier alpha value is -2.54. The highest BCUT2D eigenvalue weighted by Gasteiger charge is 2.33. The first-order valence-corrected chi connectivity index (χ1v) is 8.79. The standard InChI is InChI=1S/C19H25N3O4/c1-25-16-6-3-5-15(18(16)26-2)17(19(23)24)21-11-7-14(8-12-21)13-22-10-4-9-20-22/h3-6,9-10,14,17H,7-8,11-13H2,1-2H3,(H,23,24)/t17-/m0/s1. The van der Waals surface area contributed by atoms with Gasteiger partial charge in [-0.1, -0.05) is 12.1 Å². The van der Waals surface area contributed by atoms with Crippen molar-refractivity contribution in [1.29, 1.82) is 0 Å². The van der Waals surface area contributed by atoms with Crippen LogP contribution in [0.3, 0.4) is 0 Å². The summed E-state index contributed by atoms with van der Waals surface area (Å²) in [7, 11) is 3.09. The molecule has 1 atom stereocenters. The van der Waals surface area contributed by atoms with Crippen LogP contribution in [0.5, 0.6) is 11.5 Å². The van der Waals surface area contributed by atoms with Gasteiger partial charge in [0.05, 0.1) is 14.2 Å². The van der Waals surface area contributed by atoms with E-state index in [9.17, 15) is 9.90 Å². The van der Waals surface area contributed by atoms with Crippen molar-refractivity contribution in [2.45, 2.75) is 25.4 Å². The zero-order chi connectivity index (χ0) is 18.5. The molecule has 1 aromatic carbocycles. The topological polar surface area (TPSA) is 76.8 Å². The number of ether oxygens (including phenoxy) is 2. The summed E-state index contributed by atoms with van der Waals surface area (Å²) in [6.45, 7) is 2.33. The van der Waals surface area contributed by atoms with E-state index in [-0.39, 0.29) is 0 Å². The Balaban J connectivity index is 1.75. The van der Waals surface area contributed by atoms with Crippen molar-refractivity contribution in [3.8, 4) is 11.5 Å². The van der Waals surface area contributed by atoms with E-state index in [1.165, 1.54) is 7.11 Å². The molecule has 140 valence electrons. The second kappa shape index (κ2) is 8.23. The normalized spacial score (nSPS) is 17.0. The van der Waals surface area contributed by atoms with E-state index in [0.717, 1.165) is 32.5 Å². The molecule has 1 saturated heterocycles. The molecule has 1 aromatic heterocycles. The van der Waals surface area contributed by atoms with Crippen LogP contribution in [-0.2, 0) is 11.3 Å². The van der Waals surface area contributed by atoms with Gasteiger partial charge < -0.3 is 14.6 Å². The molecule has 7 nitrogen and oxygen atoms in total. The molecule has 1 aliphatic heterocycles.